The van der Waals surface area contributed by atoms with Crippen molar-refractivity contribution in [1.82, 2.24) is 0 Å². The molecule has 0 aliphatic rings. The summed E-state index contributed by atoms with van der Waals surface area (Å²) in [6.45, 7) is 9.67. The van der Waals surface area contributed by atoms with E-state index in [1.807, 2.05) is 116 Å². The fourth-order valence-electron chi connectivity index (χ4n) is 3.07. The monoisotopic (exact) mass is 646 g/mol. The molecule has 0 spiro atoms. The second kappa shape index (κ2) is 16.9. The number of nitrogens with zero attached hydrogens (tertiary/aromatic N) is 2. The fraction of sp³-hybridized carbons (Fsp3) is 0.481. The lowest BCUT2D eigenvalue weighted by Gasteiger charge is -2.24. The average Bonchev–Trinajstić information content (AvgIpc) is 2.81. The van der Waals surface area contributed by atoms with Crippen LogP contribution in [0.5, 0.6) is 0 Å². The third-order valence-electron chi connectivity index (χ3n) is 4.24. The summed E-state index contributed by atoms with van der Waals surface area (Å²) in [5.41, 5.74) is 1.90. The quantitative estimate of drug-likeness (QED) is 0.0871. The van der Waals surface area contributed by atoms with Crippen LogP contribution in [0.15, 0.2) is 70.2 Å². The van der Waals surface area contributed by atoms with Crippen molar-refractivity contribution in [3.05, 3.63) is 71.8 Å². The Bertz CT molecular complexity index is 1060. The van der Waals surface area contributed by atoms with E-state index >= 15 is 0 Å². The van der Waals surface area contributed by atoms with E-state index in [4.69, 9.17) is 51.2 Å². The van der Waals surface area contributed by atoms with Crippen molar-refractivity contribution in [2.45, 2.75) is 79.8 Å². The molecule has 0 saturated heterocycles. The predicted octanol–water partition coefficient (Wildman–Crippen LogP) is 9.45. The maximum absolute atomic E-state index is 6.07. The van der Waals surface area contributed by atoms with E-state index in [2.05, 4.69) is 0 Å². The highest BCUT2D eigenvalue weighted by Crippen LogP contribution is 2.55. The number of benzene rings is 2. The van der Waals surface area contributed by atoms with E-state index in [1.165, 1.54) is 0 Å². The van der Waals surface area contributed by atoms with Gasteiger partial charge in [-0.25, -0.2) is 0 Å². The van der Waals surface area contributed by atoms with Gasteiger partial charge in [0.2, 0.25) is 0 Å². The van der Waals surface area contributed by atoms with E-state index < -0.39 is 13.3 Å². The standard InChI is InChI=1S/C27H40N2O4P2S4/c1-20(2)30-34(36,31-21(3)4)28-26(24-15-11-9-12-16-24)38-19-39-27(25-17-13-10-14-18-25)29-35(37,32-22(5)6)33-23(7)8/h9-18,20-23H,19H2,1-8H3/b28-26+,29-27+. The van der Waals surface area contributed by atoms with Gasteiger partial charge in [0.05, 0.1) is 29.5 Å². The largest absolute Gasteiger partial charge is 0.310 e. The van der Waals surface area contributed by atoms with Crippen molar-refractivity contribution in [2.75, 3.05) is 5.08 Å². The first-order valence-corrected chi connectivity index (χ1v) is 20.0. The lowest BCUT2D eigenvalue weighted by molar-refractivity contribution is 0.175. The molecule has 2 rings (SSSR count). The molecule has 0 bridgehead atoms. The summed E-state index contributed by atoms with van der Waals surface area (Å²) in [5.74, 6) is 0. The smallest absolute Gasteiger partial charge is 0.310 e. The molecule has 0 unspecified atom stereocenters. The maximum atomic E-state index is 6.07. The number of hydrogen-bond donors (Lipinski definition) is 0. The normalized spacial score (nSPS) is 13.7. The predicted molar refractivity (Wildman–Crippen MR) is 179 cm³/mol. The highest BCUT2D eigenvalue weighted by Gasteiger charge is 2.26. The van der Waals surface area contributed by atoms with Crippen molar-refractivity contribution in [3.63, 3.8) is 0 Å². The molecule has 2 aromatic carbocycles. The molecule has 0 atom stereocenters. The first kappa shape index (κ1) is 34.8. The summed E-state index contributed by atoms with van der Waals surface area (Å²) in [6, 6.07) is 19.9. The first-order valence-electron chi connectivity index (χ1n) is 12.8. The second-order valence-corrected chi connectivity index (χ2v) is 17.7. The van der Waals surface area contributed by atoms with Crippen LogP contribution in [0.4, 0.5) is 0 Å². The Balaban J connectivity index is 2.44. The highest BCUT2D eigenvalue weighted by atomic mass is 32.5. The summed E-state index contributed by atoms with van der Waals surface area (Å²) in [7, 11) is 0. The van der Waals surface area contributed by atoms with Crippen LogP contribution in [0.25, 0.3) is 0 Å². The molecule has 0 aliphatic carbocycles. The van der Waals surface area contributed by atoms with Crippen molar-refractivity contribution in [1.29, 1.82) is 0 Å². The van der Waals surface area contributed by atoms with Crippen molar-refractivity contribution >= 4 is 70.5 Å². The van der Waals surface area contributed by atoms with Crippen LogP contribution in [0.1, 0.15) is 66.5 Å². The molecule has 0 radical (unpaired) electrons. The Morgan fingerprint density at radius 1 is 0.590 bits per heavy atom. The van der Waals surface area contributed by atoms with E-state index in [9.17, 15) is 0 Å². The van der Waals surface area contributed by atoms with Gasteiger partial charge in [-0.05, 0) is 79.0 Å². The molecule has 6 nitrogen and oxygen atoms in total. The van der Waals surface area contributed by atoms with E-state index in [-0.39, 0.29) is 24.4 Å². The first-order chi connectivity index (χ1) is 18.3. The zero-order chi connectivity index (χ0) is 29.1. The molecule has 0 aromatic heterocycles. The SMILES string of the molecule is CC(C)OP(=S)(/N=C(/SCS/C(=N/P(=S)(OC(C)C)OC(C)C)c1ccccc1)c1ccccc1)OC(C)C. The molecule has 0 heterocycles. The van der Waals surface area contributed by atoms with Gasteiger partial charge in [-0.3, -0.25) is 0 Å². The van der Waals surface area contributed by atoms with E-state index in [0.717, 1.165) is 21.2 Å². The Kier molecular flexibility index (Phi) is 15.1. The van der Waals surface area contributed by atoms with Gasteiger partial charge >= 0.3 is 13.3 Å². The van der Waals surface area contributed by atoms with Gasteiger partial charge in [0.1, 0.15) is 10.1 Å². The molecule has 0 amide bonds. The van der Waals surface area contributed by atoms with Gasteiger partial charge in [-0.1, -0.05) is 84.2 Å². The Morgan fingerprint density at radius 2 is 0.872 bits per heavy atom. The summed E-state index contributed by atoms with van der Waals surface area (Å²) >= 11 is 14.8. The van der Waals surface area contributed by atoms with Crippen LogP contribution >= 0.6 is 36.8 Å². The van der Waals surface area contributed by atoms with Gasteiger partial charge in [-0.2, -0.15) is 9.53 Å². The Morgan fingerprint density at radius 3 is 1.13 bits per heavy atom. The fourth-order valence-corrected chi connectivity index (χ4v) is 11.9. The topological polar surface area (TPSA) is 61.6 Å². The summed E-state index contributed by atoms with van der Waals surface area (Å²) in [4.78, 5) is 0. The molecular weight excluding hydrogens is 607 g/mol. The molecule has 0 saturated carbocycles. The van der Waals surface area contributed by atoms with Gasteiger partial charge in [-0.15, -0.1) is 0 Å². The Labute approximate surface area is 253 Å². The average molecular weight is 647 g/mol. The van der Waals surface area contributed by atoms with Crippen LogP contribution < -0.4 is 0 Å². The van der Waals surface area contributed by atoms with Crippen molar-refractivity contribution in [3.8, 4) is 0 Å². The molecule has 2 aromatic rings. The lowest BCUT2D eigenvalue weighted by atomic mass is 10.2. The van der Waals surface area contributed by atoms with E-state index in [0.29, 0.717) is 5.08 Å². The van der Waals surface area contributed by atoms with Gasteiger partial charge in [0.25, 0.3) is 0 Å². The Hall–Kier alpha value is -0.380. The number of rotatable bonds is 14. The van der Waals surface area contributed by atoms with Crippen LogP contribution in [-0.4, -0.2) is 39.6 Å². The van der Waals surface area contributed by atoms with Crippen LogP contribution in [0, 0.1) is 0 Å². The molecule has 39 heavy (non-hydrogen) atoms. The molecule has 0 N–H and O–H groups in total. The maximum Gasteiger partial charge on any atom is 0.310 e. The molecule has 216 valence electrons. The summed E-state index contributed by atoms with van der Waals surface area (Å²) in [6.07, 6.45) is -0.453. The molecule has 0 aliphatic heterocycles. The molecule has 12 heteroatoms. The zero-order valence-corrected chi connectivity index (χ0v) is 28.9. The minimum atomic E-state index is -2.93. The van der Waals surface area contributed by atoms with Gasteiger partial charge < -0.3 is 18.1 Å². The van der Waals surface area contributed by atoms with E-state index in [1.54, 1.807) is 23.5 Å². The third kappa shape index (κ3) is 13.4. The minimum Gasteiger partial charge on any atom is -0.310 e. The molecular formula is C27H40N2O4P2S4. The number of thioether (sulfide) groups is 2. The summed E-state index contributed by atoms with van der Waals surface area (Å²) < 4.78 is 34.1. The van der Waals surface area contributed by atoms with Gasteiger partial charge in [0.15, 0.2) is 0 Å². The number of hydrogen-bond acceptors (Lipinski definition) is 8. The lowest BCUT2D eigenvalue weighted by Crippen LogP contribution is -2.09. The van der Waals surface area contributed by atoms with Crippen LogP contribution in [0.3, 0.4) is 0 Å². The zero-order valence-electron chi connectivity index (χ0n) is 23.8. The third-order valence-corrected chi connectivity index (χ3v) is 11.8. The second-order valence-electron chi connectivity index (χ2n) is 9.50. The molecule has 0 fully saturated rings. The van der Waals surface area contributed by atoms with Crippen molar-refractivity contribution in [2.24, 2.45) is 9.53 Å². The minimum absolute atomic E-state index is 0.113. The summed E-state index contributed by atoms with van der Waals surface area (Å²) in [5, 5.41) is 2.12. The van der Waals surface area contributed by atoms with Crippen LogP contribution in [0.2, 0.25) is 0 Å². The van der Waals surface area contributed by atoms with Gasteiger partial charge in [0, 0.05) is 11.1 Å². The van der Waals surface area contributed by atoms with Crippen LogP contribution in [-0.2, 0) is 41.7 Å². The highest BCUT2D eigenvalue weighted by molar-refractivity contribution is 8.30. The van der Waals surface area contributed by atoms with Crippen molar-refractivity contribution < 1.29 is 18.1 Å².